The molecule has 1 aromatic carbocycles. The number of piperidine rings is 1. The van der Waals surface area contributed by atoms with Crippen LogP contribution in [-0.4, -0.2) is 42.6 Å². The SMILES string of the molecule is CN=C(NCCC1CC1)NC1CC2CCC(C1)N2Cc1ccccc1.I. The first kappa shape index (κ1) is 19.9. The van der Waals surface area contributed by atoms with Gasteiger partial charge in [-0.2, -0.15) is 0 Å². The fourth-order valence-electron chi connectivity index (χ4n) is 4.63. The zero-order valence-electron chi connectivity index (χ0n) is 15.9. The van der Waals surface area contributed by atoms with E-state index in [0.717, 1.165) is 37.1 Å². The highest BCUT2D eigenvalue weighted by atomic mass is 127. The molecule has 0 aromatic heterocycles. The van der Waals surface area contributed by atoms with Gasteiger partial charge in [-0.25, -0.2) is 0 Å². The van der Waals surface area contributed by atoms with Gasteiger partial charge in [0.2, 0.25) is 0 Å². The van der Waals surface area contributed by atoms with Crippen LogP contribution in [0.3, 0.4) is 0 Å². The molecule has 0 radical (unpaired) electrons. The largest absolute Gasteiger partial charge is 0.356 e. The van der Waals surface area contributed by atoms with Gasteiger partial charge in [-0.05, 0) is 43.6 Å². The molecule has 3 fully saturated rings. The first-order valence-corrected chi connectivity index (χ1v) is 10.1. The second-order valence-electron chi connectivity index (χ2n) is 8.09. The molecule has 1 aliphatic carbocycles. The van der Waals surface area contributed by atoms with Gasteiger partial charge in [0.25, 0.3) is 0 Å². The maximum absolute atomic E-state index is 4.44. The summed E-state index contributed by atoms with van der Waals surface area (Å²) in [4.78, 5) is 7.18. The lowest BCUT2D eigenvalue weighted by atomic mass is 9.96. The predicted molar refractivity (Wildman–Crippen MR) is 119 cm³/mol. The van der Waals surface area contributed by atoms with Crippen LogP contribution in [0.15, 0.2) is 35.3 Å². The molecule has 0 spiro atoms. The number of nitrogens with zero attached hydrogens (tertiary/aromatic N) is 2. The molecule has 4 rings (SSSR count). The Kier molecular flexibility index (Phi) is 7.20. The van der Waals surface area contributed by atoms with Gasteiger partial charge in [0.05, 0.1) is 0 Å². The first-order chi connectivity index (χ1) is 12.3. The lowest BCUT2D eigenvalue weighted by molar-refractivity contribution is 0.114. The molecule has 2 saturated heterocycles. The van der Waals surface area contributed by atoms with Crippen LogP contribution in [0.1, 0.15) is 50.5 Å². The Bertz CT molecular complexity index is 573. The zero-order valence-corrected chi connectivity index (χ0v) is 18.2. The second kappa shape index (κ2) is 9.40. The van der Waals surface area contributed by atoms with Crippen LogP contribution >= 0.6 is 24.0 Å². The number of aliphatic imine (C=N–C) groups is 1. The number of fused-ring (bicyclic) bond motifs is 2. The van der Waals surface area contributed by atoms with Crippen molar-refractivity contribution < 1.29 is 0 Å². The van der Waals surface area contributed by atoms with Crippen LogP contribution in [-0.2, 0) is 6.54 Å². The maximum atomic E-state index is 4.44. The molecule has 2 heterocycles. The van der Waals surface area contributed by atoms with Gasteiger partial charge in [-0.3, -0.25) is 9.89 Å². The average molecular weight is 468 g/mol. The fourth-order valence-corrected chi connectivity index (χ4v) is 4.63. The minimum atomic E-state index is 0. The number of hydrogen-bond acceptors (Lipinski definition) is 2. The molecule has 26 heavy (non-hydrogen) atoms. The maximum Gasteiger partial charge on any atom is 0.191 e. The summed E-state index contributed by atoms with van der Waals surface area (Å²) in [5.74, 6) is 1.98. The van der Waals surface area contributed by atoms with Crippen LogP contribution in [0.2, 0.25) is 0 Å². The van der Waals surface area contributed by atoms with Crippen molar-refractivity contribution >= 4 is 29.9 Å². The van der Waals surface area contributed by atoms with E-state index in [1.165, 1.54) is 50.5 Å². The number of halogens is 1. The smallest absolute Gasteiger partial charge is 0.191 e. The highest BCUT2D eigenvalue weighted by molar-refractivity contribution is 14.0. The van der Waals surface area contributed by atoms with Crippen LogP contribution < -0.4 is 10.6 Å². The number of hydrogen-bond donors (Lipinski definition) is 2. The van der Waals surface area contributed by atoms with Gasteiger partial charge in [-0.1, -0.05) is 43.2 Å². The molecule has 2 N–H and O–H groups in total. The molecular weight excluding hydrogens is 435 g/mol. The van der Waals surface area contributed by atoms with E-state index in [0.29, 0.717) is 6.04 Å². The lowest BCUT2D eigenvalue weighted by Gasteiger charge is -2.39. The quantitative estimate of drug-likeness (QED) is 0.380. The normalized spacial score (nSPS) is 28.5. The Morgan fingerprint density at radius 1 is 1.08 bits per heavy atom. The van der Waals surface area contributed by atoms with Gasteiger partial charge in [-0.15, -0.1) is 24.0 Å². The third kappa shape index (κ3) is 5.12. The third-order valence-electron chi connectivity index (χ3n) is 6.20. The van der Waals surface area contributed by atoms with E-state index in [1.54, 1.807) is 0 Å². The van der Waals surface area contributed by atoms with Crippen molar-refractivity contribution in [3.8, 4) is 0 Å². The number of benzene rings is 1. The Labute approximate surface area is 175 Å². The van der Waals surface area contributed by atoms with Crippen molar-refractivity contribution in [1.29, 1.82) is 0 Å². The summed E-state index contributed by atoms with van der Waals surface area (Å²) in [6, 6.07) is 12.9. The molecule has 1 aromatic rings. The summed E-state index contributed by atoms with van der Waals surface area (Å²) in [5, 5.41) is 7.21. The summed E-state index contributed by atoms with van der Waals surface area (Å²) in [6.45, 7) is 2.17. The Balaban J connectivity index is 0.00000196. The van der Waals surface area contributed by atoms with E-state index in [4.69, 9.17) is 0 Å². The van der Waals surface area contributed by atoms with Gasteiger partial charge in [0.1, 0.15) is 0 Å². The van der Waals surface area contributed by atoms with E-state index in [2.05, 4.69) is 50.9 Å². The van der Waals surface area contributed by atoms with Gasteiger partial charge in [0.15, 0.2) is 5.96 Å². The van der Waals surface area contributed by atoms with Crippen molar-refractivity contribution in [2.24, 2.45) is 10.9 Å². The van der Waals surface area contributed by atoms with Crippen LogP contribution in [0.5, 0.6) is 0 Å². The number of rotatable bonds is 6. The second-order valence-corrected chi connectivity index (χ2v) is 8.09. The molecule has 2 atom stereocenters. The highest BCUT2D eigenvalue weighted by Gasteiger charge is 2.40. The van der Waals surface area contributed by atoms with Crippen molar-refractivity contribution in [3.63, 3.8) is 0 Å². The highest BCUT2D eigenvalue weighted by Crippen LogP contribution is 2.36. The summed E-state index contributed by atoms with van der Waals surface area (Å²) in [5.41, 5.74) is 1.45. The van der Waals surface area contributed by atoms with Crippen molar-refractivity contribution in [3.05, 3.63) is 35.9 Å². The van der Waals surface area contributed by atoms with Gasteiger partial charge < -0.3 is 10.6 Å². The third-order valence-corrected chi connectivity index (χ3v) is 6.20. The lowest BCUT2D eigenvalue weighted by Crippen LogP contribution is -2.52. The summed E-state index contributed by atoms with van der Waals surface area (Å²) >= 11 is 0. The predicted octanol–water partition coefficient (Wildman–Crippen LogP) is 3.77. The molecule has 144 valence electrons. The molecule has 4 nitrogen and oxygen atoms in total. The van der Waals surface area contributed by atoms with Crippen LogP contribution in [0, 0.1) is 5.92 Å². The zero-order chi connectivity index (χ0) is 17.1. The van der Waals surface area contributed by atoms with Gasteiger partial charge in [0, 0.05) is 38.3 Å². The van der Waals surface area contributed by atoms with E-state index in [1.807, 2.05) is 7.05 Å². The van der Waals surface area contributed by atoms with Crippen molar-refractivity contribution in [2.75, 3.05) is 13.6 Å². The Morgan fingerprint density at radius 3 is 2.38 bits per heavy atom. The van der Waals surface area contributed by atoms with E-state index in [9.17, 15) is 0 Å². The number of nitrogens with one attached hydrogen (secondary N) is 2. The minimum absolute atomic E-state index is 0. The standard InChI is InChI=1S/C21H32N4.HI/c1-22-21(23-12-11-16-7-8-16)24-18-13-19-9-10-20(14-18)25(19)15-17-5-3-2-4-6-17;/h2-6,16,18-20H,7-15H2,1H3,(H2,22,23,24);1H. The van der Waals surface area contributed by atoms with Crippen LogP contribution in [0.25, 0.3) is 0 Å². The first-order valence-electron chi connectivity index (χ1n) is 10.1. The molecule has 1 saturated carbocycles. The van der Waals surface area contributed by atoms with Gasteiger partial charge >= 0.3 is 0 Å². The Morgan fingerprint density at radius 2 is 1.77 bits per heavy atom. The average Bonchev–Trinajstić information content (AvgIpc) is 3.42. The van der Waals surface area contributed by atoms with Crippen molar-refractivity contribution in [1.82, 2.24) is 15.5 Å². The summed E-state index contributed by atoms with van der Waals surface area (Å²) < 4.78 is 0. The summed E-state index contributed by atoms with van der Waals surface area (Å²) in [6.07, 6.45) is 9.33. The fraction of sp³-hybridized carbons (Fsp3) is 0.667. The molecule has 3 aliphatic rings. The van der Waals surface area contributed by atoms with E-state index in [-0.39, 0.29) is 24.0 Å². The minimum Gasteiger partial charge on any atom is -0.356 e. The monoisotopic (exact) mass is 468 g/mol. The van der Waals surface area contributed by atoms with E-state index < -0.39 is 0 Å². The molecule has 0 amide bonds. The molecule has 2 unspecified atom stereocenters. The molecule has 2 bridgehead atoms. The molecule has 5 heteroatoms. The molecular formula is C21H33IN4. The van der Waals surface area contributed by atoms with E-state index >= 15 is 0 Å². The number of guanidine groups is 1. The Hall–Kier alpha value is -0.820. The molecule has 2 aliphatic heterocycles. The summed E-state index contributed by atoms with van der Waals surface area (Å²) in [7, 11) is 1.89. The van der Waals surface area contributed by atoms with Crippen LogP contribution in [0.4, 0.5) is 0 Å². The topological polar surface area (TPSA) is 39.7 Å². The van der Waals surface area contributed by atoms with Crippen molar-refractivity contribution in [2.45, 2.75) is 69.6 Å².